The van der Waals surface area contributed by atoms with E-state index in [-0.39, 0.29) is 11.5 Å². The summed E-state index contributed by atoms with van der Waals surface area (Å²) in [4.78, 5) is 14.8. The monoisotopic (exact) mass is 486 g/mol. The highest BCUT2D eigenvalue weighted by Crippen LogP contribution is 2.34. The van der Waals surface area contributed by atoms with E-state index in [0.29, 0.717) is 42.0 Å². The van der Waals surface area contributed by atoms with Gasteiger partial charge >= 0.3 is 0 Å². The Morgan fingerprint density at radius 3 is 2.56 bits per heavy atom. The SMILES string of the molecule is COCCN(c1nnc(-c2n[nH]c(=O)c3ccccc23)n1CC(C)c1ccccc1)C1CCC(C)C1. The zero-order chi connectivity index (χ0) is 25.1. The molecule has 1 fully saturated rings. The van der Waals surface area contributed by atoms with Crippen LogP contribution < -0.4 is 10.5 Å². The predicted molar refractivity (Wildman–Crippen MR) is 142 cm³/mol. The van der Waals surface area contributed by atoms with E-state index in [1.807, 2.05) is 30.3 Å². The summed E-state index contributed by atoms with van der Waals surface area (Å²) < 4.78 is 7.67. The molecular weight excluding hydrogens is 452 g/mol. The molecule has 0 bridgehead atoms. The summed E-state index contributed by atoms with van der Waals surface area (Å²) in [5.74, 6) is 2.40. The lowest BCUT2D eigenvalue weighted by molar-refractivity contribution is 0.202. The third-order valence-corrected chi connectivity index (χ3v) is 7.37. The minimum atomic E-state index is -0.208. The average Bonchev–Trinajstić information content (AvgIpc) is 3.52. The summed E-state index contributed by atoms with van der Waals surface area (Å²) in [5, 5.41) is 17.9. The molecule has 36 heavy (non-hydrogen) atoms. The third kappa shape index (κ3) is 4.78. The highest BCUT2D eigenvalue weighted by Gasteiger charge is 2.31. The molecule has 4 aromatic rings. The number of nitrogens with one attached hydrogen (secondary N) is 1. The number of ether oxygens (including phenoxy) is 1. The van der Waals surface area contributed by atoms with Gasteiger partial charge < -0.3 is 9.64 Å². The zero-order valence-corrected chi connectivity index (χ0v) is 21.2. The highest BCUT2D eigenvalue weighted by molar-refractivity contribution is 5.92. The largest absolute Gasteiger partial charge is 0.383 e. The van der Waals surface area contributed by atoms with E-state index in [1.54, 1.807) is 7.11 Å². The molecule has 8 heteroatoms. The van der Waals surface area contributed by atoms with Gasteiger partial charge in [0.15, 0.2) is 5.82 Å². The topological polar surface area (TPSA) is 88.9 Å². The van der Waals surface area contributed by atoms with Crippen LogP contribution >= 0.6 is 0 Å². The fourth-order valence-corrected chi connectivity index (χ4v) is 5.39. The number of rotatable bonds is 9. The number of nitrogens with zero attached hydrogens (tertiary/aromatic N) is 5. The maximum absolute atomic E-state index is 12.5. The van der Waals surface area contributed by atoms with Crippen molar-refractivity contribution >= 4 is 16.7 Å². The van der Waals surface area contributed by atoms with Crippen molar-refractivity contribution in [2.75, 3.05) is 25.2 Å². The number of hydrogen-bond acceptors (Lipinski definition) is 6. The molecule has 0 aliphatic heterocycles. The number of benzene rings is 2. The Hall–Kier alpha value is -3.52. The van der Waals surface area contributed by atoms with Crippen LogP contribution in [0.3, 0.4) is 0 Å². The summed E-state index contributed by atoms with van der Waals surface area (Å²) in [5.41, 5.74) is 1.68. The van der Waals surface area contributed by atoms with E-state index in [0.717, 1.165) is 30.7 Å². The summed E-state index contributed by atoms with van der Waals surface area (Å²) in [6, 6.07) is 18.4. The molecule has 2 aromatic heterocycles. The van der Waals surface area contributed by atoms with Crippen LogP contribution in [0, 0.1) is 5.92 Å². The molecule has 2 aromatic carbocycles. The van der Waals surface area contributed by atoms with E-state index in [2.05, 4.69) is 62.9 Å². The number of hydrogen-bond donors (Lipinski definition) is 1. The molecule has 188 valence electrons. The molecule has 1 N–H and O–H groups in total. The maximum atomic E-state index is 12.5. The van der Waals surface area contributed by atoms with E-state index in [4.69, 9.17) is 9.84 Å². The molecule has 0 saturated heterocycles. The molecular formula is C28H34N6O2. The summed E-state index contributed by atoms with van der Waals surface area (Å²) in [6.07, 6.45) is 3.46. The van der Waals surface area contributed by atoms with Crippen LogP contribution in [0.15, 0.2) is 59.4 Å². The lowest BCUT2D eigenvalue weighted by Gasteiger charge is -2.31. The highest BCUT2D eigenvalue weighted by atomic mass is 16.5. The first-order valence-corrected chi connectivity index (χ1v) is 12.8. The quantitative estimate of drug-likeness (QED) is 0.371. The lowest BCUT2D eigenvalue weighted by atomic mass is 10.0. The van der Waals surface area contributed by atoms with Crippen LogP contribution in [-0.2, 0) is 11.3 Å². The fraction of sp³-hybridized carbons (Fsp3) is 0.429. The Morgan fingerprint density at radius 1 is 1.08 bits per heavy atom. The summed E-state index contributed by atoms with van der Waals surface area (Å²) >= 11 is 0. The smallest absolute Gasteiger partial charge is 0.272 e. The van der Waals surface area contributed by atoms with Gasteiger partial charge in [0, 0.05) is 31.6 Å². The second-order valence-corrected chi connectivity index (χ2v) is 9.95. The van der Waals surface area contributed by atoms with Gasteiger partial charge in [-0.3, -0.25) is 9.36 Å². The van der Waals surface area contributed by atoms with Gasteiger partial charge in [-0.2, -0.15) is 5.10 Å². The Bertz CT molecular complexity index is 1370. The third-order valence-electron chi connectivity index (χ3n) is 7.37. The van der Waals surface area contributed by atoms with Gasteiger partial charge in [0.05, 0.1) is 12.0 Å². The Kier molecular flexibility index (Phi) is 7.13. The van der Waals surface area contributed by atoms with Crippen molar-refractivity contribution in [3.8, 4) is 11.5 Å². The van der Waals surface area contributed by atoms with Crippen LogP contribution in [0.25, 0.3) is 22.3 Å². The number of fused-ring (bicyclic) bond motifs is 1. The van der Waals surface area contributed by atoms with Gasteiger partial charge in [0.25, 0.3) is 5.56 Å². The molecule has 0 spiro atoms. The van der Waals surface area contributed by atoms with Crippen molar-refractivity contribution in [2.24, 2.45) is 5.92 Å². The predicted octanol–water partition coefficient (Wildman–Crippen LogP) is 4.63. The Morgan fingerprint density at radius 2 is 1.83 bits per heavy atom. The van der Waals surface area contributed by atoms with Crippen LogP contribution in [0.1, 0.15) is 44.6 Å². The number of aromatic amines is 1. The number of H-pyrrole nitrogens is 1. The molecule has 8 nitrogen and oxygen atoms in total. The summed E-state index contributed by atoms with van der Waals surface area (Å²) in [7, 11) is 1.74. The first kappa shape index (κ1) is 24.2. The summed E-state index contributed by atoms with van der Waals surface area (Å²) in [6.45, 7) is 6.58. The van der Waals surface area contributed by atoms with Gasteiger partial charge in [-0.05, 0) is 42.7 Å². The minimum absolute atomic E-state index is 0.208. The Labute approximate surface area is 211 Å². The minimum Gasteiger partial charge on any atom is -0.383 e. The van der Waals surface area contributed by atoms with Crippen molar-refractivity contribution in [1.29, 1.82) is 0 Å². The first-order chi connectivity index (χ1) is 17.6. The molecule has 5 rings (SSSR count). The van der Waals surface area contributed by atoms with Crippen molar-refractivity contribution in [2.45, 2.75) is 51.6 Å². The van der Waals surface area contributed by atoms with Crippen molar-refractivity contribution in [1.82, 2.24) is 25.0 Å². The van der Waals surface area contributed by atoms with Gasteiger partial charge in [-0.15, -0.1) is 10.2 Å². The van der Waals surface area contributed by atoms with Gasteiger partial charge in [-0.25, -0.2) is 5.10 Å². The second kappa shape index (κ2) is 10.6. The standard InChI is InChI=1S/C28H34N6O2/c1-19-13-14-22(17-19)33(15-16-36-3)28-32-30-26(34(28)18-20(2)21-9-5-4-6-10-21)25-23-11-7-8-12-24(23)27(35)31-29-25/h4-12,19-20,22H,13-18H2,1-3H3,(H,31,35). The van der Waals surface area contributed by atoms with Gasteiger partial charge in [-0.1, -0.05) is 62.4 Å². The maximum Gasteiger partial charge on any atom is 0.272 e. The number of aromatic nitrogens is 5. The first-order valence-electron chi connectivity index (χ1n) is 12.8. The molecule has 3 atom stereocenters. The van der Waals surface area contributed by atoms with E-state index < -0.39 is 0 Å². The molecule has 3 unspecified atom stereocenters. The van der Waals surface area contributed by atoms with E-state index in [1.165, 1.54) is 12.0 Å². The van der Waals surface area contributed by atoms with Gasteiger partial charge in [0.1, 0.15) is 5.69 Å². The zero-order valence-electron chi connectivity index (χ0n) is 21.2. The molecule has 2 heterocycles. The number of anilines is 1. The van der Waals surface area contributed by atoms with Gasteiger partial charge in [0.2, 0.25) is 5.95 Å². The van der Waals surface area contributed by atoms with Crippen LogP contribution in [0.4, 0.5) is 5.95 Å². The normalized spacial score (nSPS) is 18.5. The molecule has 1 saturated carbocycles. The molecule has 1 aliphatic rings. The van der Waals surface area contributed by atoms with E-state index >= 15 is 0 Å². The Balaban J connectivity index is 1.64. The molecule has 0 radical (unpaired) electrons. The lowest BCUT2D eigenvalue weighted by Crippen LogP contribution is -2.38. The number of methoxy groups -OCH3 is 1. The van der Waals surface area contributed by atoms with E-state index in [9.17, 15) is 4.79 Å². The van der Waals surface area contributed by atoms with Crippen LogP contribution in [-0.4, -0.2) is 51.3 Å². The van der Waals surface area contributed by atoms with Crippen molar-refractivity contribution in [3.63, 3.8) is 0 Å². The average molecular weight is 487 g/mol. The van der Waals surface area contributed by atoms with Crippen molar-refractivity contribution in [3.05, 3.63) is 70.5 Å². The van der Waals surface area contributed by atoms with Crippen LogP contribution in [0.5, 0.6) is 0 Å². The molecule has 0 amide bonds. The second-order valence-electron chi connectivity index (χ2n) is 9.95. The fourth-order valence-electron chi connectivity index (χ4n) is 5.39. The van der Waals surface area contributed by atoms with Crippen LogP contribution in [0.2, 0.25) is 0 Å². The van der Waals surface area contributed by atoms with Crippen molar-refractivity contribution < 1.29 is 4.74 Å². The molecule has 1 aliphatic carbocycles.